The summed E-state index contributed by atoms with van der Waals surface area (Å²) >= 11 is 1.27. The zero-order chi connectivity index (χ0) is 20.1. The van der Waals surface area contributed by atoms with Crippen LogP contribution < -0.4 is 10.6 Å². The molecule has 1 aliphatic heterocycles. The first kappa shape index (κ1) is 19.5. The average molecular weight is 414 g/mol. The van der Waals surface area contributed by atoms with E-state index in [1.54, 1.807) is 6.20 Å². The van der Waals surface area contributed by atoms with Crippen molar-refractivity contribution in [1.82, 2.24) is 25.4 Å². The standard InChI is InChI=1S/C19H22N6O3S/c1-13-5-6-16(28-13)15(25-8-10-27-11-9-25)12-21-18(26)22-19-24-23-17(29-19)14-4-2-3-7-20-14/h2-7,15H,8-12H2,1H3,(H2,21,22,24,26). The van der Waals surface area contributed by atoms with Crippen LogP contribution in [0.15, 0.2) is 40.9 Å². The number of nitrogens with one attached hydrogen (secondary N) is 2. The molecule has 0 aliphatic carbocycles. The molecule has 1 fully saturated rings. The molecule has 1 atom stereocenters. The predicted octanol–water partition coefficient (Wildman–Crippen LogP) is 2.70. The number of rotatable bonds is 6. The predicted molar refractivity (Wildman–Crippen MR) is 109 cm³/mol. The smallest absolute Gasteiger partial charge is 0.321 e. The van der Waals surface area contributed by atoms with Crippen LogP contribution in [0.25, 0.3) is 10.7 Å². The Bertz CT molecular complexity index is 938. The lowest BCUT2D eigenvalue weighted by Gasteiger charge is -2.33. The molecule has 152 valence electrons. The number of hydrogen-bond acceptors (Lipinski definition) is 8. The maximum absolute atomic E-state index is 12.4. The number of hydrogen-bond donors (Lipinski definition) is 2. The lowest BCUT2D eigenvalue weighted by Crippen LogP contribution is -2.44. The van der Waals surface area contributed by atoms with Gasteiger partial charge in [-0.05, 0) is 31.2 Å². The number of ether oxygens (including phenoxy) is 1. The summed E-state index contributed by atoms with van der Waals surface area (Å²) in [6.45, 7) is 5.24. The van der Waals surface area contributed by atoms with E-state index in [2.05, 4.69) is 30.7 Å². The molecular weight excluding hydrogens is 392 g/mol. The molecule has 10 heteroatoms. The maximum atomic E-state index is 12.4. The SMILES string of the molecule is Cc1ccc(C(CNC(=O)Nc2nnc(-c3ccccn3)s2)N2CCOCC2)o1. The van der Waals surface area contributed by atoms with Crippen molar-refractivity contribution < 1.29 is 13.9 Å². The van der Waals surface area contributed by atoms with Gasteiger partial charge in [-0.1, -0.05) is 17.4 Å². The van der Waals surface area contributed by atoms with Gasteiger partial charge in [-0.15, -0.1) is 10.2 Å². The van der Waals surface area contributed by atoms with Crippen molar-refractivity contribution in [2.24, 2.45) is 0 Å². The summed E-state index contributed by atoms with van der Waals surface area (Å²) in [6, 6.07) is 9.06. The average Bonchev–Trinajstić information content (AvgIpc) is 3.39. The number of aryl methyl sites for hydroxylation is 1. The number of pyridine rings is 1. The van der Waals surface area contributed by atoms with E-state index in [9.17, 15) is 4.79 Å². The molecule has 3 aromatic rings. The highest BCUT2D eigenvalue weighted by Crippen LogP contribution is 2.25. The molecule has 1 saturated heterocycles. The van der Waals surface area contributed by atoms with Crippen LogP contribution in [0.5, 0.6) is 0 Å². The Labute approximate surface area is 172 Å². The molecule has 0 radical (unpaired) electrons. The van der Waals surface area contributed by atoms with E-state index in [4.69, 9.17) is 9.15 Å². The molecule has 0 spiro atoms. The van der Waals surface area contributed by atoms with Crippen LogP contribution >= 0.6 is 11.3 Å². The number of anilines is 1. The van der Waals surface area contributed by atoms with Gasteiger partial charge in [0, 0.05) is 25.8 Å². The summed E-state index contributed by atoms with van der Waals surface area (Å²) in [4.78, 5) is 18.9. The van der Waals surface area contributed by atoms with E-state index >= 15 is 0 Å². The van der Waals surface area contributed by atoms with Gasteiger partial charge in [0.1, 0.15) is 17.2 Å². The highest BCUT2D eigenvalue weighted by Gasteiger charge is 2.25. The molecule has 9 nitrogen and oxygen atoms in total. The largest absolute Gasteiger partial charge is 0.465 e. The van der Waals surface area contributed by atoms with Crippen molar-refractivity contribution >= 4 is 22.5 Å². The minimum Gasteiger partial charge on any atom is -0.465 e. The minimum absolute atomic E-state index is 0.0585. The zero-order valence-corrected chi connectivity index (χ0v) is 16.8. The molecule has 2 amide bonds. The normalized spacial score (nSPS) is 15.8. The van der Waals surface area contributed by atoms with Gasteiger partial charge in [0.05, 0.1) is 19.3 Å². The Balaban J connectivity index is 1.37. The molecule has 4 heterocycles. The summed E-state index contributed by atoms with van der Waals surface area (Å²) in [5.41, 5.74) is 0.721. The third kappa shape index (κ3) is 4.97. The first-order chi connectivity index (χ1) is 14.2. The quantitative estimate of drug-likeness (QED) is 0.639. The Morgan fingerprint density at radius 1 is 1.24 bits per heavy atom. The van der Waals surface area contributed by atoms with Crippen molar-refractivity contribution in [2.45, 2.75) is 13.0 Å². The van der Waals surface area contributed by atoms with Gasteiger partial charge in [0.25, 0.3) is 0 Å². The van der Waals surface area contributed by atoms with Crippen LogP contribution in [0, 0.1) is 6.92 Å². The van der Waals surface area contributed by atoms with Gasteiger partial charge in [-0.3, -0.25) is 15.2 Å². The van der Waals surface area contributed by atoms with E-state index < -0.39 is 0 Å². The van der Waals surface area contributed by atoms with Gasteiger partial charge in [-0.2, -0.15) is 0 Å². The summed E-state index contributed by atoms with van der Waals surface area (Å²) < 4.78 is 11.3. The summed E-state index contributed by atoms with van der Waals surface area (Å²) in [6.07, 6.45) is 1.69. The molecule has 0 saturated carbocycles. The van der Waals surface area contributed by atoms with Gasteiger partial charge < -0.3 is 14.5 Å². The first-order valence-electron chi connectivity index (χ1n) is 9.37. The number of morpholine rings is 1. The Morgan fingerprint density at radius 2 is 2.10 bits per heavy atom. The number of furan rings is 1. The van der Waals surface area contributed by atoms with Gasteiger partial charge >= 0.3 is 6.03 Å². The number of carbonyl (C=O) groups excluding carboxylic acids is 1. The Morgan fingerprint density at radius 3 is 2.83 bits per heavy atom. The molecular formula is C19H22N6O3S. The number of amides is 2. The molecule has 4 rings (SSSR count). The third-order valence-corrected chi connectivity index (χ3v) is 5.42. The van der Waals surface area contributed by atoms with Crippen molar-refractivity contribution in [3.8, 4) is 10.7 Å². The van der Waals surface area contributed by atoms with Crippen LogP contribution in [0.3, 0.4) is 0 Å². The van der Waals surface area contributed by atoms with E-state index in [1.807, 2.05) is 37.3 Å². The monoisotopic (exact) mass is 414 g/mol. The van der Waals surface area contributed by atoms with Gasteiger partial charge in [0.2, 0.25) is 5.13 Å². The van der Waals surface area contributed by atoms with Crippen molar-refractivity contribution in [3.05, 3.63) is 48.0 Å². The molecule has 3 aromatic heterocycles. The van der Waals surface area contributed by atoms with Crippen LogP contribution in [0.1, 0.15) is 17.6 Å². The summed E-state index contributed by atoms with van der Waals surface area (Å²) in [7, 11) is 0. The first-order valence-corrected chi connectivity index (χ1v) is 10.2. The number of carbonyl (C=O) groups is 1. The maximum Gasteiger partial charge on any atom is 0.321 e. The Hall–Kier alpha value is -2.82. The summed E-state index contributed by atoms with van der Waals surface area (Å²) in [5.74, 6) is 1.68. The van der Waals surface area contributed by atoms with Gasteiger partial charge in [0.15, 0.2) is 5.01 Å². The highest BCUT2D eigenvalue weighted by atomic mass is 32.1. The molecule has 29 heavy (non-hydrogen) atoms. The number of nitrogens with zero attached hydrogens (tertiary/aromatic N) is 4. The second-order valence-electron chi connectivity index (χ2n) is 6.57. The molecule has 2 N–H and O–H groups in total. The molecule has 0 bridgehead atoms. The van der Waals surface area contributed by atoms with Crippen molar-refractivity contribution in [1.29, 1.82) is 0 Å². The second kappa shape index (κ2) is 9.12. The minimum atomic E-state index is -0.338. The Kier molecular flexibility index (Phi) is 6.13. The van der Waals surface area contributed by atoms with Crippen LogP contribution in [-0.2, 0) is 4.74 Å². The van der Waals surface area contributed by atoms with Crippen LogP contribution in [0.2, 0.25) is 0 Å². The van der Waals surface area contributed by atoms with E-state index in [-0.39, 0.29) is 12.1 Å². The van der Waals surface area contributed by atoms with E-state index in [0.29, 0.717) is 29.9 Å². The fourth-order valence-electron chi connectivity index (χ4n) is 3.13. The number of aromatic nitrogens is 3. The van der Waals surface area contributed by atoms with Crippen molar-refractivity contribution in [3.63, 3.8) is 0 Å². The van der Waals surface area contributed by atoms with Crippen LogP contribution in [-0.4, -0.2) is 59.0 Å². The topological polar surface area (TPSA) is 105 Å². The van der Waals surface area contributed by atoms with E-state index in [1.165, 1.54) is 11.3 Å². The lowest BCUT2D eigenvalue weighted by molar-refractivity contribution is 0.0122. The third-order valence-electron chi connectivity index (χ3n) is 4.56. The van der Waals surface area contributed by atoms with Crippen molar-refractivity contribution in [2.75, 3.05) is 38.2 Å². The van der Waals surface area contributed by atoms with Gasteiger partial charge in [-0.25, -0.2) is 4.79 Å². The lowest BCUT2D eigenvalue weighted by atomic mass is 10.1. The van der Waals surface area contributed by atoms with Crippen LogP contribution in [0.4, 0.5) is 9.93 Å². The fraction of sp³-hybridized carbons (Fsp3) is 0.368. The van der Waals surface area contributed by atoms with E-state index in [0.717, 1.165) is 30.3 Å². The molecule has 1 aliphatic rings. The fourth-order valence-corrected chi connectivity index (χ4v) is 3.84. The highest BCUT2D eigenvalue weighted by molar-refractivity contribution is 7.18. The number of urea groups is 1. The second-order valence-corrected chi connectivity index (χ2v) is 7.55. The zero-order valence-electron chi connectivity index (χ0n) is 16.0. The summed E-state index contributed by atoms with van der Waals surface area (Å²) in [5, 5.41) is 14.8. The molecule has 1 unspecified atom stereocenters. The molecule has 0 aromatic carbocycles.